The molecule has 0 atom stereocenters. The van der Waals surface area contributed by atoms with Crippen molar-refractivity contribution in [1.29, 1.82) is 5.26 Å². The minimum absolute atomic E-state index is 0.353. The second-order valence-corrected chi connectivity index (χ2v) is 18.3. The zero-order valence-corrected chi connectivity index (χ0v) is 37.6. The Bertz CT molecular complexity index is 4720. The first-order chi connectivity index (χ1) is 34.6. The number of hydrogen-bond donors (Lipinski definition) is 0. The molecule has 324 valence electrons. The highest BCUT2D eigenvalue weighted by Crippen LogP contribution is 2.52. The first kappa shape index (κ1) is 38.3. The highest BCUT2D eigenvalue weighted by molar-refractivity contribution is 6.20. The van der Waals surface area contributed by atoms with Gasteiger partial charge < -0.3 is 22.7 Å². The molecule has 0 spiro atoms. The van der Waals surface area contributed by atoms with Gasteiger partial charge >= 0.3 is 0 Å². The van der Waals surface area contributed by atoms with E-state index in [0.717, 1.165) is 115 Å². The number of benzene rings is 10. The Kier molecular flexibility index (Phi) is 7.72. The summed E-state index contributed by atoms with van der Waals surface area (Å²) >= 11 is 0. The van der Waals surface area contributed by atoms with Gasteiger partial charge in [0, 0.05) is 59.9 Å². The maximum atomic E-state index is 12.4. The van der Waals surface area contributed by atoms with E-state index in [2.05, 4.69) is 207 Å². The molecule has 10 aromatic carbocycles. The summed E-state index contributed by atoms with van der Waals surface area (Å²) in [6, 6.07) is 72.6. The Labute approximate surface area is 399 Å². The largest absolute Gasteiger partial charge is 0.456 e. The fraction of sp³-hybridized carbons (Fsp3) is 0.0159. The van der Waals surface area contributed by atoms with Gasteiger partial charge in [-0.3, -0.25) is 0 Å². The van der Waals surface area contributed by atoms with E-state index in [1.54, 1.807) is 0 Å². The Balaban J connectivity index is 1.28. The highest BCUT2D eigenvalue weighted by atomic mass is 16.3. The molecule has 0 N–H and O–H groups in total. The van der Waals surface area contributed by atoms with Crippen LogP contribution in [-0.2, 0) is 0 Å². The molecule has 0 saturated heterocycles. The average molecular weight is 893 g/mol. The number of rotatable bonds is 4. The van der Waals surface area contributed by atoms with Gasteiger partial charge in [-0.05, 0) is 67.6 Å². The van der Waals surface area contributed by atoms with Crippen molar-refractivity contribution >= 4 is 115 Å². The molecule has 0 aliphatic rings. The fourth-order valence-electron chi connectivity index (χ4n) is 11.8. The van der Waals surface area contributed by atoms with Crippen molar-refractivity contribution in [3.05, 3.63) is 223 Å². The van der Waals surface area contributed by atoms with Crippen LogP contribution in [0.15, 0.2) is 205 Å². The molecule has 15 aromatic rings. The Hall–Kier alpha value is -9.82. The molecule has 7 heteroatoms. The van der Waals surface area contributed by atoms with E-state index in [1.165, 1.54) is 0 Å². The Morgan fingerprint density at radius 2 is 0.771 bits per heavy atom. The van der Waals surface area contributed by atoms with E-state index in [4.69, 9.17) is 9.26 Å². The van der Waals surface area contributed by atoms with E-state index in [0.29, 0.717) is 34.0 Å². The van der Waals surface area contributed by atoms with Crippen LogP contribution < -0.4 is 0 Å². The summed E-state index contributed by atoms with van der Waals surface area (Å²) in [6.45, 7) is 11.7. The monoisotopic (exact) mass is 892 g/mol. The van der Waals surface area contributed by atoms with Crippen molar-refractivity contribution in [2.75, 3.05) is 0 Å². The normalized spacial score (nSPS) is 12.0. The van der Waals surface area contributed by atoms with Crippen LogP contribution in [0.3, 0.4) is 0 Å². The number of hydrogen-bond acceptors (Lipinski definition) is 2. The molecule has 0 amide bonds. The maximum absolute atomic E-state index is 12.4. The molecule has 0 fully saturated rings. The van der Waals surface area contributed by atoms with E-state index in [9.17, 15) is 11.8 Å². The minimum atomic E-state index is 0.353. The van der Waals surface area contributed by atoms with Gasteiger partial charge in [0.1, 0.15) is 17.2 Å². The van der Waals surface area contributed by atoms with Crippen LogP contribution in [0.5, 0.6) is 0 Å². The predicted octanol–water partition coefficient (Wildman–Crippen LogP) is 16.7. The minimum Gasteiger partial charge on any atom is -0.456 e. The Morgan fingerprint density at radius 1 is 0.371 bits per heavy atom. The lowest BCUT2D eigenvalue weighted by atomic mass is 10.0. The second-order valence-electron chi connectivity index (χ2n) is 18.3. The molecule has 5 aromatic heterocycles. The van der Waals surface area contributed by atoms with Crippen LogP contribution in [-0.4, -0.2) is 18.3 Å². The lowest BCUT2D eigenvalue weighted by Crippen LogP contribution is -2.14. The molecule has 70 heavy (non-hydrogen) atoms. The molecule has 0 aliphatic heterocycles. The molecule has 5 heterocycles. The third-order valence-corrected chi connectivity index (χ3v) is 14.6. The Morgan fingerprint density at radius 3 is 1.26 bits per heavy atom. The predicted molar refractivity (Wildman–Crippen MR) is 287 cm³/mol. The summed E-state index contributed by atoms with van der Waals surface area (Å²) in [7, 11) is 0. The zero-order chi connectivity index (χ0) is 46.4. The van der Waals surface area contributed by atoms with Crippen molar-refractivity contribution in [2.24, 2.45) is 0 Å². The lowest BCUT2D eigenvalue weighted by molar-refractivity contribution is 0.669. The third-order valence-electron chi connectivity index (χ3n) is 14.6. The molecule has 0 radical (unpaired) electrons. The van der Waals surface area contributed by atoms with Gasteiger partial charge in [-0.1, -0.05) is 139 Å². The van der Waals surface area contributed by atoms with Crippen LogP contribution in [0.1, 0.15) is 11.1 Å². The standard InChI is InChI=1S/C63H36N6O/c1-37-31-32-55-45(33-37)46-34-47-44-23-9-16-30-57(44)70-58(47)35-56(46)69(55)61-48(36-64)60(66-49-24-10-3-17-38(49)39-18-4-11-25-50(39)66)59(65-2)62(67-51-26-12-5-19-40(51)41-20-6-13-27-52(41)67)63(61)68-53-28-14-7-21-42(53)43-22-8-15-29-54(43)68/h3-35H,1H3. The maximum Gasteiger partial charge on any atom is 0.237 e. The summed E-state index contributed by atoms with van der Waals surface area (Å²) in [4.78, 5) is 4.69. The molecule has 15 rings (SSSR count). The summed E-state index contributed by atoms with van der Waals surface area (Å²) in [6.07, 6.45) is 0. The number of fused-ring (bicyclic) bond motifs is 15. The van der Waals surface area contributed by atoms with E-state index >= 15 is 0 Å². The number of para-hydroxylation sites is 7. The van der Waals surface area contributed by atoms with Gasteiger partial charge in [-0.15, -0.1) is 0 Å². The van der Waals surface area contributed by atoms with Crippen LogP contribution in [0.4, 0.5) is 5.69 Å². The van der Waals surface area contributed by atoms with Crippen LogP contribution >= 0.6 is 0 Å². The number of nitrogens with zero attached hydrogens (tertiary/aromatic N) is 6. The number of aryl methyl sites for hydroxylation is 1. The van der Waals surface area contributed by atoms with Crippen molar-refractivity contribution in [2.45, 2.75) is 6.92 Å². The molecule has 0 bridgehead atoms. The van der Waals surface area contributed by atoms with Gasteiger partial charge in [0.2, 0.25) is 5.69 Å². The first-order valence-electron chi connectivity index (χ1n) is 23.4. The number of aromatic nitrogens is 4. The molecular formula is C63H36N6O. The molecular weight excluding hydrogens is 857 g/mol. The van der Waals surface area contributed by atoms with Gasteiger partial charge in [-0.2, -0.15) is 5.26 Å². The summed E-state index contributed by atoms with van der Waals surface area (Å²) in [5.74, 6) is 0. The topological polar surface area (TPSA) is 61.0 Å². The summed E-state index contributed by atoms with van der Waals surface area (Å²) in [5, 5.41) is 22.9. The fourth-order valence-corrected chi connectivity index (χ4v) is 11.8. The van der Waals surface area contributed by atoms with Gasteiger partial charge in [-0.25, -0.2) is 4.85 Å². The molecule has 0 aliphatic carbocycles. The summed E-state index contributed by atoms with van der Waals surface area (Å²) < 4.78 is 15.8. The van der Waals surface area contributed by atoms with Crippen LogP contribution in [0, 0.1) is 24.8 Å². The number of nitriles is 1. The van der Waals surface area contributed by atoms with Gasteiger partial charge in [0.15, 0.2) is 0 Å². The van der Waals surface area contributed by atoms with Gasteiger partial charge in [0.25, 0.3) is 0 Å². The van der Waals surface area contributed by atoms with E-state index in [-0.39, 0.29) is 0 Å². The SMILES string of the molecule is [C-]#[N+]c1c(-n2c3ccccc3c3ccccc32)c(C#N)c(-n2c3ccc(C)cc3c3cc4c(cc32)oc2ccccc24)c(-n2c3ccccc3c3ccccc32)c1-n1c2ccccc2c2ccccc21. The molecule has 7 nitrogen and oxygen atoms in total. The highest BCUT2D eigenvalue weighted by Gasteiger charge is 2.34. The van der Waals surface area contributed by atoms with Crippen LogP contribution in [0.2, 0.25) is 0 Å². The van der Waals surface area contributed by atoms with Crippen molar-refractivity contribution in [3.63, 3.8) is 0 Å². The smallest absolute Gasteiger partial charge is 0.237 e. The van der Waals surface area contributed by atoms with E-state index in [1.807, 2.05) is 24.3 Å². The van der Waals surface area contributed by atoms with E-state index < -0.39 is 0 Å². The van der Waals surface area contributed by atoms with Crippen molar-refractivity contribution < 1.29 is 4.42 Å². The summed E-state index contributed by atoms with van der Waals surface area (Å²) in [5.41, 5.74) is 13.3. The van der Waals surface area contributed by atoms with Gasteiger partial charge in [0.05, 0.1) is 79.0 Å². The first-order valence-corrected chi connectivity index (χ1v) is 23.4. The van der Waals surface area contributed by atoms with Crippen LogP contribution in [0.25, 0.3) is 137 Å². The zero-order valence-electron chi connectivity index (χ0n) is 37.6. The number of furan rings is 1. The lowest BCUT2D eigenvalue weighted by Gasteiger charge is -2.27. The average Bonchev–Trinajstić information content (AvgIpc) is 4.20. The molecule has 0 saturated carbocycles. The van der Waals surface area contributed by atoms with Crippen molar-refractivity contribution in [3.8, 4) is 28.8 Å². The third kappa shape index (κ3) is 4.94. The quantitative estimate of drug-likeness (QED) is 0.165. The molecule has 0 unspecified atom stereocenters. The second kappa shape index (κ2) is 14.1. The van der Waals surface area contributed by atoms with Crippen molar-refractivity contribution in [1.82, 2.24) is 18.3 Å².